The third-order valence-corrected chi connectivity index (χ3v) is 5.55. The van der Waals surface area contributed by atoms with Gasteiger partial charge in [0.2, 0.25) is 0 Å². The lowest BCUT2D eigenvalue weighted by Crippen LogP contribution is -2.21. The van der Waals surface area contributed by atoms with Crippen molar-refractivity contribution < 1.29 is 17.8 Å². The molecule has 6 heteroatoms. The van der Waals surface area contributed by atoms with Crippen molar-refractivity contribution in [2.45, 2.75) is 47.6 Å². The molecular formula is C13H16O4S2. The first-order valence-electron chi connectivity index (χ1n) is 6.15. The fourth-order valence-electron chi connectivity index (χ4n) is 2.10. The van der Waals surface area contributed by atoms with Crippen molar-refractivity contribution in [3.05, 3.63) is 23.8 Å². The zero-order valence-electron chi connectivity index (χ0n) is 10.6. The maximum atomic E-state index is 11.8. The van der Waals surface area contributed by atoms with Gasteiger partial charge in [-0.3, -0.25) is 9.35 Å². The molecule has 0 saturated heterocycles. The second-order valence-electron chi connectivity index (χ2n) is 4.72. The summed E-state index contributed by atoms with van der Waals surface area (Å²) in [7, 11) is -4.19. The summed E-state index contributed by atoms with van der Waals surface area (Å²) in [6.07, 6.45) is 3.41. The molecule has 1 aliphatic rings. The lowest BCUT2D eigenvalue weighted by Gasteiger charge is -2.20. The molecule has 1 aliphatic carbocycles. The van der Waals surface area contributed by atoms with Crippen LogP contribution in [0.25, 0.3) is 0 Å². The van der Waals surface area contributed by atoms with Gasteiger partial charge in [0, 0.05) is 11.3 Å². The van der Waals surface area contributed by atoms with Crippen LogP contribution in [0.15, 0.2) is 28.0 Å². The predicted molar refractivity (Wildman–Crippen MR) is 74.1 cm³/mol. The highest BCUT2D eigenvalue weighted by atomic mass is 32.2. The third-order valence-electron chi connectivity index (χ3n) is 3.23. The molecule has 1 aromatic carbocycles. The van der Waals surface area contributed by atoms with E-state index >= 15 is 0 Å². The molecule has 0 aliphatic heterocycles. The number of rotatable bonds is 3. The Kier molecular flexibility index (Phi) is 4.32. The zero-order valence-corrected chi connectivity index (χ0v) is 12.3. The summed E-state index contributed by atoms with van der Waals surface area (Å²) in [6.45, 7) is 1.86. The molecule has 0 heterocycles. The molecule has 19 heavy (non-hydrogen) atoms. The van der Waals surface area contributed by atoms with E-state index in [1.54, 1.807) is 6.07 Å². The van der Waals surface area contributed by atoms with Crippen LogP contribution in [0.2, 0.25) is 0 Å². The summed E-state index contributed by atoms with van der Waals surface area (Å²) in [4.78, 5) is 12.4. The van der Waals surface area contributed by atoms with E-state index in [4.69, 9.17) is 4.55 Å². The molecule has 1 atom stereocenters. The molecule has 1 aromatic rings. The fourth-order valence-corrected chi connectivity index (χ4v) is 3.97. The van der Waals surface area contributed by atoms with E-state index in [1.165, 1.54) is 23.9 Å². The van der Waals surface area contributed by atoms with Crippen molar-refractivity contribution in [1.82, 2.24) is 0 Å². The van der Waals surface area contributed by atoms with Crippen LogP contribution in [-0.4, -0.2) is 24.0 Å². The van der Waals surface area contributed by atoms with Crippen molar-refractivity contribution in [2.24, 2.45) is 0 Å². The molecule has 0 amide bonds. The molecule has 1 saturated carbocycles. The smallest absolute Gasteiger partial charge is 0.294 e. The van der Waals surface area contributed by atoms with Crippen molar-refractivity contribution in [1.29, 1.82) is 0 Å². The lowest BCUT2D eigenvalue weighted by atomic mass is 9.99. The number of carbonyl (C=O) groups excluding carboxylic acids is 1. The second kappa shape index (κ2) is 5.64. The van der Waals surface area contributed by atoms with Gasteiger partial charge in [0.1, 0.15) is 5.78 Å². The van der Waals surface area contributed by atoms with Crippen molar-refractivity contribution in [3.63, 3.8) is 0 Å². The standard InChI is InChI=1S/C13H16O4S2/c1-9-6-7-10(19(15,16)17)8-13(9)18-12-5-3-2-4-11(12)14/h6-8,12H,2-5H2,1H3,(H,15,16,17). The number of benzene rings is 1. The Hall–Kier alpha value is -0.850. The maximum absolute atomic E-state index is 11.8. The summed E-state index contributed by atoms with van der Waals surface area (Å²) >= 11 is 1.40. The van der Waals surface area contributed by atoms with Crippen LogP contribution in [0.5, 0.6) is 0 Å². The van der Waals surface area contributed by atoms with E-state index in [-0.39, 0.29) is 15.9 Å². The van der Waals surface area contributed by atoms with Crippen molar-refractivity contribution in [2.75, 3.05) is 0 Å². The minimum atomic E-state index is -4.19. The minimum Gasteiger partial charge on any atom is -0.298 e. The average molecular weight is 300 g/mol. The SMILES string of the molecule is Cc1ccc(S(=O)(=O)O)cc1SC1CCCCC1=O. The number of ketones is 1. The summed E-state index contributed by atoms with van der Waals surface area (Å²) < 4.78 is 31.3. The first-order chi connectivity index (χ1) is 8.88. The Morgan fingerprint density at radius 1 is 1.32 bits per heavy atom. The highest BCUT2D eigenvalue weighted by Crippen LogP contribution is 2.34. The van der Waals surface area contributed by atoms with Gasteiger partial charge in [-0.2, -0.15) is 8.42 Å². The summed E-state index contributed by atoms with van der Waals surface area (Å²) in [6, 6.07) is 4.47. The fraction of sp³-hybridized carbons (Fsp3) is 0.462. The van der Waals surface area contributed by atoms with Gasteiger partial charge in [0.25, 0.3) is 10.1 Å². The first-order valence-corrected chi connectivity index (χ1v) is 8.47. The maximum Gasteiger partial charge on any atom is 0.294 e. The topological polar surface area (TPSA) is 71.4 Å². The summed E-state index contributed by atoms with van der Waals surface area (Å²) in [5.41, 5.74) is 0.913. The molecule has 1 unspecified atom stereocenters. The molecule has 1 fully saturated rings. The third kappa shape index (κ3) is 3.58. The van der Waals surface area contributed by atoms with E-state index < -0.39 is 10.1 Å². The first kappa shape index (κ1) is 14.6. The largest absolute Gasteiger partial charge is 0.298 e. The molecule has 0 bridgehead atoms. The van der Waals surface area contributed by atoms with E-state index in [1.807, 2.05) is 6.92 Å². The Bertz CT molecular complexity index is 593. The quantitative estimate of drug-likeness (QED) is 0.869. The highest BCUT2D eigenvalue weighted by molar-refractivity contribution is 8.00. The number of aryl methyl sites for hydroxylation is 1. The van der Waals surface area contributed by atoms with Gasteiger partial charge in [-0.05, 0) is 37.5 Å². The van der Waals surface area contributed by atoms with Crippen LogP contribution in [-0.2, 0) is 14.9 Å². The Morgan fingerprint density at radius 3 is 2.68 bits per heavy atom. The number of hydrogen-bond donors (Lipinski definition) is 1. The van der Waals surface area contributed by atoms with E-state index in [0.29, 0.717) is 6.42 Å². The predicted octanol–water partition coefficient (Wildman–Crippen LogP) is 2.85. The van der Waals surface area contributed by atoms with E-state index in [0.717, 1.165) is 29.7 Å². The molecule has 4 nitrogen and oxygen atoms in total. The summed E-state index contributed by atoms with van der Waals surface area (Å²) in [5.74, 6) is 0.230. The molecule has 0 spiro atoms. The molecular weight excluding hydrogens is 284 g/mol. The van der Waals surface area contributed by atoms with Gasteiger partial charge in [0.15, 0.2) is 0 Å². The Morgan fingerprint density at radius 2 is 2.05 bits per heavy atom. The van der Waals surface area contributed by atoms with Gasteiger partial charge in [-0.25, -0.2) is 0 Å². The lowest BCUT2D eigenvalue weighted by molar-refractivity contribution is -0.119. The van der Waals surface area contributed by atoms with Gasteiger partial charge in [0.05, 0.1) is 10.1 Å². The highest BCUT2D eigenvalue weighted by Gasteiger charge is 2.24. The normalized spacial score (nSPS) is 20.5. The van der Waals surface area contributed by atoms with Crippen LogP contribution in [0.3, 0.4) is 0 Å². The second-order valence-corrected chi connectivity index (χ2v) is 7.39. The van der Waals surface area contributed by atoms with Gasteiger partial charge >= 0.3 is 0 Å². The van der Waals surface area contributed by atoms with Crippen LogP contribution < -0.4 is 0 Å². The van der Waals surface area contributed by atoms with Crippen molar-refractivity contribution in [3.8, 4) is 0 Å². The monoisotopic (exact) mass is 300 g/mol. The minimum absolute atomic E-state index is 0.0934. The van der Waals surface area contributed by atoms with Crippen LogP contribution >= 0.6 is 11.8 Å². The zero-order chi connectivity index (χ0) is 14.0. The molecule has 1 N–H and O–H groups in total. The number of Topliss-reactive ketones (excluding diaryl/α,β-unsaturated/α-hetero) is 1. The molecule has 2 rings (SSSR count). The molecule has 0 radical (unpaired) electrons. The van der Waals surface area contributed by atoms with Gasteiger partial charge in [-0.15, -0.1) is 11.8 Å². The van der Waals surface area contributed by atoms with Crippen LogP contribution in [0, 0.1) is 6.92 Å². The van der Waals surface area contributed by atoms with Gasteiger partial charge in [-0.1, -0.05) is 12.5 Å². The Balaban J connectivity index is 2.26. The molecule has 0 aromatic heterocycles. The number of hydrogen-bond acceptors (Lipinski definition) is 4. The van der Waals surface area contributed by atoms with Gasteiger partial charge < -0.3 is 0 Å². The summed E-state index contributed by atoms with van der Waals surface area (Å²) in [5, 5.41) is -0.0934. The van der Waals surface area contributed by atoms with Crippen molar-refractivity contribution >= 4 is 27.7 Å². The Labute approximate surface area is 117 Å². The number of thioether (sulfide) groups is 1. The number of carbonyl (C=O) groups is 1. The van der Waals surface area contributed by atoms with Crippen LogP contribution in [0.4, 0.5) is 0 Å². The molecule has 104 valence electrons. The van der Waals surface area contributed by atoms with Crippen LogP contribution in [0.1, 0.15) is 31.2 Å². The van der Waals surface area contributed by atoms with E-state index in [9.17, 15) is 13.2 Å². The van der Waals surface area contributed by atoms with E-state index in [2.05, 4.69) is 0 Å². The average Bonchev–Trinajstić information content (AvgIpc) is 2.33.